The van der Waals surface area contributed by atoms with E-state index >= 15 is 0 Å². The Hall–Kier alpha value is -2.90. The van der Waals surface area contributed by atoms with E-state index in [2.05, 4.69) is 86.8 Å². The molecule has 6 N–H and O–H groups in total. The first-order valence-electron chi connectivity index (χ1n) is 37.7. The van der Waals surface area contributed by atoms with E-state index in [1.807, 2.05) is 6.08 Å². The summed E-state index contributed by atoms with van der Waals surface area (Å²) in [6, 6.07) is -1.03. The first kappa shape index (κ1) is 84.1. The minimum absolute atomic E-state index is 0.115. The Bertz CT molecular complexity index is 1730. The molecule has 0 aromatic heterocycles. The molecule has 0 bridgehead atoms. The number of esters is 1. The number of amides is 1. The van der Waals surface area contributed by atoms with E-state index in [1.165, 1.54) is 212 Å². The highest BCUT2D eigenvalue weighted by molar-refractivity contribution is 5.80. The smallest absolute Gasteiger partial charge is 0.306 e. The van der Waals surface area contributed by atoms with Gasteiger partial charge in [-0.1, -0.05) is 318 Å². The van der Waals surface area contributed by atoms with Crippen LogP contribution < -0.4 is 5.32 Å². The van der Waals surface area contributed by atoms with Crippen LogP contribution >= 0.6 is 0 Å². The molecule has 0 radical (unpaired) electrons. The third-order valence-corrected chi connectivity index (χ3v) is 17.6. The van der Waals surface area contributed by atoms with Gasteiger partial charge in [-0.3, -0.25) is 9.59 Å². The highest BCUT2D eigenvalue weighted by Crippen LogP contribution is 2.26. The van der Waals surface area contributed by atoms with Crippen LogP contribution in [0.2, 0.25) is 0 Å². The van der Waals surface area contributed by atoms with Crippen molar-refractivity contribution >= 4 is 11.9 Å². The number of ether oxygens (including phenoxy) is 3. The Kier molecular flexibility index (Phi) is 61.6. The minimum atomic E-state index is -1.62. The molecule has 1 rings (SSSR count). The van der Waals surface area contributed by atoms with Crippen LogP contribution in [0.3, 0.4) is 0 Å². The molecule has 11 heteroatoms. The molecule has 0 spiro atoms. The molecular formula is C78H141NO10. The molecule has 89 heavy (non-hydrogen) atoms. The second kappa shape index (κ2) is 65.2. The number of aliphatic hydroxyl groups is 5. The topological polar surface area (TPSA) is 175 Å². The van der Waals surface area contributed by atoms with E-state index in [0.717, 1.165) is 89.9 Å². The third-order valence-electron chi connectivity index (χ3n) is 17.6. The van der Waals surface area contributed by atoms with Crippen LogP contribution in [0.1, 0.15) is 348 Å². The Balaban J connectivity index is 2.55. The lowest BCUT2D eigenvalue weighted by atomic mass is 9.99. The van der Waals surface area contributed by atoms with Gasteiger partial charge in [0.15, 0.2) is 12.4 Å². The third kappa shape index (κ3) is 52.2. The molecule has 0 aromatic rings. The summed E-state index contributed by atoms with van der Waals surface area (Å²) in [5, 5.41) is 57.4. The zero-order chi connectivity index (χ0) is 64.6. The van der Waals surface area contributed by atoms with Gasteiger partial charge in [0.2, 0.25) is 5.91 Å². The Morgan fingerprint density at radius 3 is 1.18 bits per heavy atom. The van der Waals surface area contributed by atoms with Crippen molar-refractivity contribution in [1.82, 2.24) is 5.32 Å². The van der Waals surface area contributed by atoms with Crippen LogP contribution in [0.4, 0.5) is 0 Å². The van der Waals surface area contributed by atoms with Crippen molar-refractivity contribution in [3.05, 3.63) is 72.9 Å². The van der Waals surface area contributed by atoms with Gasteiger partial charge in [0.1, 0.15) is 24.4 Å². The summed E-state index contributed by atoms with van der Waals surface area (Å²) in [5.74, 6) is -1.19. The lowest BCUT2D eigenvalue weighted by Crippen LogP contribution is -2.61. The summed E-state index contributed by atoms with van der Waals surface area (Å²) in [4.78, 5) is 26.7. The monoisotopic (exact) mass is 1250 g/mol. The number of nitrogens with one attached hydrogen (secondary N) is 1. The molecule has 1 saturated heterocycles. The van der Waals surface area contributed by atoms with Crippen LogP contribution in [-0.2, 0) is 23.8 Å². The first-order valence-corrected chi connectivity index (χ1v) is 37.7. The minimum Gasteiger partial charge on any atom is -0.454 e. The molecule has 1 fully saturated rings. The standard InChI is InChI=1S/C78H141NO10/c1-4-7-10-13-16-19-22-25-27-29-31-33-34-35-36-37-39-40-42-44-47-50-53-56-59-62-65-71(82)77(86)79-69(70(81)64-61-58-55-52-49-46-24-21-18-15-12-9-6-3)68-87-78-76(75(85)74(84)72(67-80)88-78)89-73(83)66-63-60-57-54-51-48-45-43-41-38-32-30-28-26-23-20-17-14-11-8-5-2/h16-17,19-20,25-28,32,38,61,64,69-72,74-76,78,80-82,84-85H,4-15,18,21-24,29-31,33-37,39-60,62-63,65-68H2,1-3H3,(H,79,86)/b19-16-,20-17-,27-25-,28-26-,38-32-,64-61+. The average molecular weight is 1250 g/mol. The van der Waals surface area contributed by atoms with Crippen LogP contribution in [0, 0.1) is 0 Å². The second-order valence-corrected chi connectivity index (χ2v) is 26.0. The quantitative estimate of drug-likeness (QED) is 0.0195. The second-order valence-electron chi connectivity index (χ2n) is 26.0. The maximum Gasteiger partial charge on any atom is 0.306 e. The van der Waals surface area contributed by atoms with Crippen molar-refractivity contribution in [3.63, 3.8) is 0 Å². The lowest BCUT2D eigenvalue weighted by molar-refractivity contribution is -0.305. The lowest BCUT2D eigenvalue weighted by Gasteiger charge is -2.41. The van der Waals surface area contributed by atoms with Crippen LogP contribution in [0.5, 0.6) is 0 Å². The normalized spacial score (nSPS) is 18.5. The number of allylic oxidation sites excluding steroid dienone is 11. The Morgan fingerprint density at radius 2 is 0.775 bits per heavy atom. The fourth-order valence-corrected chi connectivity index (χ4v) is 11.6. The molecule has 1 aliphatic rings. The highest BCUT2D eigenvalue weighted by Gasteiger charge is 2.47. The van der Waals surface area contributed by atoms with Gasteiger partial charge >= 0.3 is 5.97 Å². The summed E-state index contributed by atoms with van der Waals surface area (Å²) in [6.07, 6.45) is 75.1. The molecule has 0 saturated carbocycles. The number of rotatable bonds is 65. The zero-order valence-electron chi connectivity index (χ0n) is 57.8. The summed E-state index contributed by atoms with van der Waals surface area (Å²) in [6.45, 7) is 5.78. The van der Waals surface area contributed by atoms with Crippen molar-refractivity contribution < 1.29 is 49.3 Å². The van der Waals surface area contributed by atoms with Gasteiger partial charge in [-0.05, 0) is 96.3 Å². The predicted octanol–water partition coefficient (Wildman–Crippen LogP) is 19.9. The van der Waals surface area contributed by atoms with E-state index in [-0.39, 0.29) is 13.0 Å². The zero-order valence-corrected chi connectivity index (χ0v) is 57.8. The van der Waals surface area contributed by atoms with Crippen molar-refractivity contribution in [2.24, 2.45) is 0 Å². The first-order chi connectivity index (χ1) is 43.7. The summed E-state index contributed by atoms with van der Waals surface area (Å²) in [7, 11) is 0. The van der Waals surface area contributed by atoms with Crippen molar-refractivity contribution in [2.75, 3.05) is 13.2 Å². The number of unbranched alkanes of at least 4 members (excludes halogenated alkanes) is 41. The van der Waals surface area contributed by atoms with Gasteiger partial charge in [0, 0.05) is 6.42 Å². The molecule has 1 aliphatic heterocycles. The van der Waals surface area contributed by atoms with Crippen LogP contribution in [0.15, 0.2) is 72.9 Å². The molecule has 1 heterocycles. The van der Waals surface area contributed by atoms with Gasteiger partial charge in [-0.15, -0.1) is 0 Å². The Morgan fingerprint density at radius 1 is 0.438 bits per heavy atom. The number of hydrogen-bond donors (Lipinski definition) is 6. The largest absolute Gasteiger partial charge is 0.454 e. The summed E-state index contributed by atoms with van der Waals surface area (Å²) < 4.78 is 17.7. The molecular weight excluding hydrogens is 1110 g/mol. The molecule has 1 amide bonds. The molecule has 518 valence electrons. The SMILES string of the molecule is CCCCC/C=C\C/C=C\C/C=C\CCCCCCCCCCC(=O)OC1C(OCC(NC(=O)C(O)CCCCCCCCCCCCCCCCCC/C=C\C/C=C\CCCCC)C(O)/C=C/CCCCCCCCCCCCC)OC(CO)C(O)C1O. The average Bonchev–Trinajstić information content (AvgIpc) is 2.24. The summed E-state index contributed by atoms with van der Waals surface area (Å²) in [5.41, 5.74) is 0. The summed E-state index contributed by atoms with van der Waals surface area (Å²) >= 11 is 0. The molecule has 11 nitrogen and oxygen atoms in total. The van der Waals surface area contributed by atoms with E-state index in [0.29, 0.717) is 19.3 Å². The van der Waals surface area contributed by atoms with E-state index in [1.54, 1.807) is 6.08 Å². The van der Waals surface area contributed by atoms with Crippen molar-refractivity contribution in [3.8, 4) is 0 Å². The van der Waals surface area contributed by atoms with E-state index in [4.69, 9.17) is 14.2 Å². The molecule has 8 atom stereocenters. The molecule has 0 aromatic carbocycles. The van der Waals surface area contributed by atoms with Crippen molar-refractivity contribution in [2.45, 2.75) is 397 Å². The van der Waals surface area contributed by atoms with Gasteiger partial charge in [-0.2, -0.15) is 0 Å². The van der Waals surface area contributed by atoms with Crippen molar-refractivity contribution in [1.29, 1.82) is 0 Å². The number of aliphatic hydroxyl groups excluding tert-OH is 5. The van der Waals surface area contributed by atoms with Gasteiger partial charge in [-0.25, -0.2) is 0 Å². The number of carbonyl (C=O) groups is 2. The fraction of sp³-hybridized carbons (Fsp3) is 0.821. The van der Waals surface area contributed by atoms with Crippen LogP contribution in [0.25, 0.3) is 0 Å². The fourth-order valence-electron chi connectivity index (χ4n) is 11.6. The highest BCUT2D eigenvalue weighted by atomic mass is 16.7. The van der Waals surface area contributed by atoms with E-state index in [9.17, 15) is 35.1 Å². The molecule has 0 aliphatic carbocycles. The number of carbonyl (C=O) groups excluding carboxylic acids is 2. The maximum atomic E-state index is 13.5. The van der Waals surface area contributed by atoms with E-state index < -0.39 is 67.4 Å². The molecule has 8 unspecified atom stereocenters. The van der Waals surface area contributed by atoms with Gasteiger partial charge < -0.3 is 45.1 Å². The van der Waals surface area contributed by atoms with Crippen LogP contribution in [-0.4, -0.2) is 99.6 Å². The maximum absolute atomic E-state index is 13.5. The Labute approximate surface area is 547 Å². The van der Waals surface area contributed by atoms with Gasteiger partial charge in [0.05, 0.1) is 25.4 Å². The predicted molar refractivity (Wildman–Crippen MR) is 375 cm³/mol. The number of hydrogen-bond acceptors (Lipinski definition) is 10. The van der Waals surface area contributed by atoms with Gasteiger partial charge in [0.25, 0.3) is 0 Å².